The molecular formula is C9H4F3N2O2-. The number of pyridine rings is 1. The summed E-state index contributed by atoms with van der Waals surface area (Å²) in [6.45, 7) is 0. The molecule has 0 aromatic carbocycles. The first-order valence-electron chi connectivity index (χ1n) is 4.16. The molecule has 0 radical (unpaired) electrons. The maximum absolute atomic E-state index is 12.3. The fraction of sp³-hybridized carbons (Fsp3) is 0.111. The minimum Gasteiger partial charge on any atom is -0.545 e. The van der Waals surface area contributed by atoms with Crippen LogP contribution in [0.5, 0.6) is 0 Å². The van der Waals surface area contributed by atoms with Crippen molar-refractivity contribution in [3.8, 4) is 0 Å². The third kappa shape index (κ3) is 1.60. The molecule has 0 N–H and O–H groups in total. The molecule has 2 rings (SSSR count). The highest BCUT2D eigenvalue weighted by atomic mass is 19.4. The Morgan fingerprint density at radius 3 is 2.69 bits per heavy atom. The van der Waals surface area contributed by atoms with Gasteiger partial charge in [0.1, 0.15) is 5.65 Å². The minimum atomic E-state index is -4.60. The lowest BCUT2D eigenvalue weighted by Crippen LogP contribution is -2.23. The summed E-state index contributed by atoms with van der Waals surface area (Å²) in [7, 11) is 0. The number of nitrogens with zero attached hydrogens (tertiary/aromatic N) is 2. The Morgan fingerprint density at radius 1 is 1.44 bits per heavy atom. The van der Waals surface area contributed by atoms with Crippen molar-refractivity contribution >= 4 is 11.6 Å². The summed E-state index contributed by atoms with van der Waals surface area (Å²) in [4.78, 5) is 13.9. The lowest BCUT2D eigenvalue weighted by atomic mass is 10.3. The van der Waals surface area contributed by atoms with Gasteiger partial charge in [-0.25, -0.2) is 4.98 Å². The smallest absolute Gasteiger partial charge is 0.434 e. The normalized spacial score (nSPS) is 11.9. The predicted molar refractivity (Wildman–Crippen MR) is 44.5 cm³/mol. The van der Waals surface area contributed by atoms with Gasteiger partial charge >= 0.3 is 6.18 Å². The molecule has 2 aromatic heterocycles. The fourth-order valence-electron chi connectivity index (χ4n) is 1.31. The summed E-state index contributed by atoms with van der Waals surface area (Å²) >= 11 is 0. The van der Waals surface area contributed by atoms with Gasteiger partial charge in [-0.15, -0.1) is 0 Å². The number of carbonyl (C=O) groups is 1. The van der Waals surface area contributed by atoms with Crippen LogP contribution in [0.2, 0.25) is 0 Å². The molecule has 0 aliphatic rings. The number of halogens is 3. The number of carboxylic acid groups (broad SMARTS) is 1. The average molecular weight is 229 g/mol. The Labute approximate surface area is 87.0 Å². The van der Waals surface area contributed by atoms with E-state index in [1.807, 2.05) is 0 Å². The van der Waals surface area contributed by atoms with Crippen molar-refractivity contribution in [2.45, 2.75) is 6.18 Å². The zero-order chi connectivity index (χ0) is 11.9. The van der Waals surface area contributed by atoms with Gasteiger partial charge in [0.2, 0.25) is 0 Å². The second-order valence-corrected chi connectivity index (χ2v) is 3.06. The first-order chi connectivity index (χ1) is 7.39. The molecule has 7 heteroatoms. The molecule has 0 saturated heterocycles. The second kappa shape index (κ2) is 3.22. The highest BCUT2D eigenvalue weighted by Gasteiger charge is 2.34. The molecule has 0 spiro atoms. The van der Waals surface area contributed by atoms with Crippen molar-refractivity contribution in [3.63, 3.8) is 0 Å². The van der Waals surface area contributed by atoms with Gasteiger partial charge in [-0.05, 0) is 12.1 Å². The third-order valence-electron chi connectivity index (χ3n) is 1.99. The monoisotopic (exact) mass is 229 g/mol. The maximum atomic E-state index is 12.3. The first kappa shape index (κ1) is 10.5. The van der Waals surface area contributed by atoms with Gasteiger partial charge in [-0.2, -0.15) is 13.2 Å². The molecule has 4 nitrogen and oxygen atoms in total. The highest BCUT2D eigenvalue weighted by molar-refractivity contribution is 5.92. The molecule has 0 amide bonds. The molecule has 0 atom stereocenters. The summed E-state index contributed by atoms with van der Waals surface area (Å²) in [6, 6.07) is 2.44. The van der Waals surface area contributed by atoms with Crippen molar-refractivity contribution in [3.05, 3.63) is 35.8 Å². The molecule has 0 fully saturated rings. The van der Waals surface area contributed by atoms with Gasteiger partial charge in [-0.3, -0.25) is 0 Å². The number of carboxylic acids is 1. The van der Waals surface area contributed by atoms with Crippen molar-refractivity contribution in [2.75, 3.05) is 0 Å². The number of aromatic carboxylic acids is 1. The number of carbonyl (C=O) groups excluding carboxylic acids is 1. The molecule has 0 unspecified atom stereocenters. The largest absolute Gasteiger partial charge is 0.545 e. The molecule has 0 bridgehead atoms. The summed E-state index contributed by atoms with van der Waals surface area (Å²) in [5.74, 6) is -1.56. The lowest BCUT2D eigenvalue weighted by molar-refractivity contribution is -0.254. The third-order valence-corrected chi connectivity index (χ3v) is 1.99. The molecule has 16 heavy (non-hydrogen) atoms. The van der Waals surface area contributed by atoms with Crippen LogP contribution >= 0.6 is 0 Å². The van der Waals surface area contributed by atoms with Crippen molar-refractivity contribution in [1.82, 2.24) is 9.38 Å². The minimum absolute atomic E-state index is 0.283. The van der Waals surface area contributed by atoms with Crippen LogP contribution < -0.4 is 5.11 Å². The number of fused-ring (bicyclic) bond motifs is 1. The Bertz CT molecular complexity index is 559. The predicted octanol–water partition coefficient (Wildman–Crippen LogP) is 0.717. The Balaban J connectivity index is 2.71. The molecule has 2 heterocycles. The van der Waals surface area contributed by atoms with E-state index in [2.05, 4.69) is 4.98 Å². The number of aromatic nitrogens is 2. The molecule has 2 aromatic rings. The molecule has 0 saturated carbocycles. The molecular weight excluding hydrogens is 225 g/mol. The van der Waals surface area contributed by atoms with Crippen LogP contribution in [0.15, 0.2) is 24.5 Å². The number of hydrogen-bond donors (Lipinski definition) is 0. The van der Waals surface area contributed by atoms with Gasteiger partial charge in [-0.1, -0.05) is 0 Å². The van der Waals surface area contributed by atoms with E-state index in [1.165, 1.54) is 12.3 Å². The van der Waals surface area contributed by atoms with Crippen LogP contribution in [0.1, 0.15) is 16.1 Å². The maximum Gasteiger partial charge on any atom is 0.434 e. The standard InChI is InChI=1S/C9H5F3N2O2/c10-9(11,12)6-4-14-3-1-2-5(8(15)16)7(14)13-6/h1-4H,(H,15,16)/p-1. The van der Waals surface area contributed by atoms with Crippen LogP contribution in [0, 0.1) is 0 Å². The van der Waals surface area contributed by atoms with Gasteiger partial charge in [0.25, 0.3) is 0 Å². The van der Waals surface area contributed by atoms with Gasteiger partial charge in [0, 0.05) is 18.0 Å². The summed E-state index contributed by atoms with van der Waals surface area (Å²) in [5.41, 5.74) is -1.80. The van der Waals surface area contributed by atoms with E-state index >= 15 is 0 Å². The van der Waals surface area contributed by atoms with Gasteiger partial charge < -0.3 is 14.3 Å². The number of imidazole rings is 1. The van der Waals surface area contributed by atoms with E-state index in [9.17, 15) is 23.1 Å². The Hall–Kier alpha value is -2.05. The first-order valence-corrected chi connectivity index (χ1v) is 4.16. The second-order valence-electron chi connectivity index (χ2n) is 3.06. The van der Waals surface area contributed by atoms with E-state index in [1.54, 1.807) is 0 Å². The summed E-state index contributed by atoms with van der Waals surface area (Å²) in [5, 5.41) is 10.6. The summed E-state index contributed by atoms with van der Waals surface area (Å²) < 4.78 is 38.0. The molecule has 0 aliphatic heterocycles. The van der Waals surface area contributed by atoms with Crippen LogP contribution in [0.3, 0.4) is 0 Å². The zero-order valence-corrected chi connectivity index (χ0v) is 7.65. The van der Waals surface area contributed by atoms with Gasteiger partial charge in [0.15, 0.2) is 5.69 Å². The Kier molecular flexibility index (Phi) is 2.11. The van der Waals surface area contributed by atoms with E-state index < -0.39 is 17.8 Å². The van der Waals surface area contributed by atoms with E-state index in [0.29, 0.717) is 0 Å². The van der Waals surface area contributed by atoms with E-state index in [4.69, 9.17) is 0 Å². The zero-order valence-electron chi connectivity index (χ0n) is 7.65. The van der Waals surface area contributed by atoms with Crippen LogP contribution in [0.25, 0.3) is 5.65 Å². The lowest BCUT2D eigenvalue weighted by Gasteiger charge is -2.02. The highest BCUT2D eigenvalue weighted by Crippen LogP contribution is 2.28. The SMILES string of the molecule is O=C([O-])c1cccn2cc(C(F)(F)F)nc12. The van der Waals surface area contributed by atoms with Crippen LogP contribution in [0.4, 0.5) is 13.2 Å². The van der Waals surface area contributed by atoms with E-state index in [-0.39, 0.29) is 11.2 Å². The van der Waals surface area contributed by atoms with E-state index in [0.717, 1.165) is 16.7 Å². The number of hydrogen-bond acceptors (Lipinski definition) is 3. The molecule has 84 valence electrons. The van der Waals surface area contributed by atoms with Gasteiger partial charge in [0.05, 0.1) is 5.97 Å². The molecule has 0 aliphatic carbocycles. The number of alkyl halides is 3. The topological polar surface area (TPSA) is 57.4 Å². The van der Waals surface area contributed by atoms with Crippen molar-refractivity contribution < 1.29 is 23.1 Å². The quantitative estimate of drug-likeness (QED) is 0.723. The number of rotatable bonds is 1. The van der Waals surface area contributed by atoms with Crippen molar-refractivity contribution in [2.24, 2.45) is 0 Å². The van der Waals surface area contributed by atoms with Crippen LogP contribution in [-0.4, -0.2) is 15.4 Å². The fourth-order valence-corrected chi connectivity index (χ4v) is 1.31. The average Bonchev–Trinajstić information content (AvgIpc) is 2.59. The van der Waals surface area contributed by atoms with Crippen LogP contribution in [-0.2, 0) is 6.18 Å². The van der Waals surface area contributed by atoms with Crippen molar-refractivity contribution in [1.29, 1.82) is 0 Å². The Morgan fingerprint density at radius 2 is 2.12 bits per heavy atom. The summed E-state index contributed by atoms with van der Waals surface area (Å²) in [6.07, 6.45) is -2.60.